The zero-order valence-corrected chi connectivity index (χ0v) is 18.6. The molecule has 0 aromatic heterocycles. The second-order valence-corrected chi connectivity index (χ2v) is 8.47. The molecule has 1 aliphatic rings. The summed E-state index contributed by atoms with van der Waals surface area (Å²) in [5.41, 5.74) is 3.54. The zero-order valence-electron chi connectivity index (χ0n) is 17.8. The van der Waals surface area contributed by atoms with Crippen LogP contribution in [0.4, 0.5) is 5.69 Å². The number of Topliss-reactive ketones (excluding diaryl/α,β-unsaturated/α-hetero) is 1. The summed E-state index contributed by atoms with van der Waals surface area (Å²) in [5, 5.41) is 11.2. The van der Waals surface area contributed by atoms with Crippen molar-refractivity contribution in [3.63, 3.8) is 0 Å². The van der Waals surface area contributed by atoms with Gasteiger partial charge in [-0.25, -0.2) is 0 Å². The van der Waals surface area contributed by atoms with Gasteiger partial charge in [-0.2, -0.15) is 0 Å². The number of ether oxygens (including phenoxy) is 1. The fourth-order valence-electron chi connectivity index (χ4n) is 3.71. The van der Waals surface area contributed by atoms with Crippen LogP contribution in [0, 0.1) is 6.92 Å². The van der Waals surface area contributed by atoms with Crippen LogP contribution in [0.2, 0.25) is 5.02 Å². The van der Waals surface area contributed by atoms with Crippen molar-refractivity contribution in [1.82, 2.24) is 4.90 Å². The SMILES string of the molecule is CC(=O)CCc1ccc(OCC(O)CN2CCN(c3cc(Cl)ccc3C)CC2)cc1. The van der Waals surface area contributed by atoms with Gasteiger partial charge in [0.05, 0.1) is 0 Å². The van der Waals surface area contributed by atoms with E-state index in [-0.39, 0.29) is 12.4 Å². The lowest BCUT2D eigenvalue weighted by Crippen LogP contribution is -2.49. The minimum atomic E-state index is -0.540. The van der Waals surface area contributed by atoms with Gasteiger partial charge in [0.15, 0.2) is 0 Å². The van der Waals surface area contributed by atoms with Gasteiger partial charge >= 0.3 is 0 Å². The van der Waals surface area contributed by atoms with Gasteiger partial charge < -0.3 is 19.5 Å². The number of anilines is 1. The average Bonchev–Trinajstić information content (AvgIpc) is 2.74. The van der Waals surface area contributed by atoms with E-state index in [0.717, 1.165) is 48.9 Å². The standard InChI is InChI=1S/C24H31ClN2O3/c1-18-3-8-21(25)15-24(18)27-13-11-26(12-14-27)16-22(29)17-30-23-9-6-20(7-10-23)5-4-19(2)28/h3,6-10,15,22,29H,4-5,11-14,16-17H2,1-2H3. The number of benzene rings is 2. The van der Waals surface area contributed by atoms with Crippen molar-refractivity contribution in [3.05, 3.63) is 58.6 Å². The number of halogens is 1. The molecule has 6 heteroatoms. The Balaban J connectivity index is 1.40. The molecule has 3 rings (SSSR count). The van der Waals surface area contributed by atoms with Crippen molar-refractivity contribution in [2.45, 2.75) is 32.8 Å². The molecule has 1 fully saturated rings. The normalized spacial score (nSPS) is 15.8. The van der Waals surface area contributed by atoms with E-state index in [4.69, 9.17) is 16.3 Å². The van der Waals surface area contributed by atoms with Crippen molar-refractivity contribution < 1.29 is 14.6 Å². The van der Waals surface area contributed by atoms with E-state index in [0.29, 0.717) is 13.0 Å². The maximum atomic E-state index is 11.1. The van der Waals surface area contributed by atoms with E-state index in [1.807, 2.05) is 36.4 Å². The highest BCUT2D eigenvalue weighted by atomic mass is 35.5. The summed E-state index contributed by atoms with van der Waals surface area (Å²) < 4.78 is 5.74. The van der Waals surface area contributed by atoms with Crippen LogP contribution < -0.4 is 9.64 Å². The van der Waals surface area contributed by atoms with Crippen LogP contribution >= 0.6 is 11.6 Å². The molecule has 1 heterocycles. The molecule has 162 valence electrons. The molecule has 0 spiro atoms. The Bertz CT molecular complexity index is 833. The summed E-state index contributed by atoms with van der Waals surface area (Å²) >= 11 is 6.16. The van der Waals surface area contributed by atoms with Gasteiger partial charge in [0.25, 0.3) is 0 Å². The molecule has 1 saturated heterocycles. The first-order valence-electron chi connectivity index (χ1n) is 10.5. The topological polar surface area (TPSA) is 53.0 Å². The summed E-state index contributed by atoms with van der Waals surface area (Å²) in [6.45, 7) is 8.19. The highest BCUT2D eigenvalue weighted by molar-refractivity contribution is 6.30. The summed E-state index contributed by atoms with van der Waals surface area (Å²) in [6, 6.07) is 13.8. The minimum absolute atomic E-state index is 0.196. The Morgan fingerprint density at radius 1 is 1.13 bits per heavy atom. The van der Waals surface area contributed by atoms with E-state index in [2.05, 4.69) is 22.8 Å². The molecule has 0 radical (unpaired) electrons. The molecule has 0 bridgehead atoms. The third-order valence-corrected chi connectivity index (χ3v) is 5.72. The molecule has 0 aliphatic carbocycles. The fourth-order valence-corrected chi connectivity index (χ4v) is 3.88. The van der Waals surface area contributed by atoms with Crippen LogP contribution in [-0.4, -0.2) is 61.2 Å². The molecule has 30 heavy (non-hydrogen) atoms. The van der Waals surface area contributed by atoms with Crippen molar-refractivity contribution >= 4 is 23.1 Å². The van der Waals surface area contributed by atoms with Crippen LogP contribution in [0.1, 0.15) is 24.5 Å². The van der Waals surface area contributed by atoms with Crippen LogP contribution in [-0.2, 0) is 11.2 Å². The monoisotopic (exact) mass is 430 g/mol. The first kappa shape index (κ1) is 22.6. The quantitative estimate of drug-likeness (QED) is 0.656. The van der Waals surface area contributed by atoms with Crippen LogP contribution in [0.15, 0.2) is 42.5 Å². The van der Waals surface area contributed by atoms with Crippen molar-refractivity contribution in [3.8, 4) is 5.75 Å². The molecule has 1 unspecified atom stereocenters. The van der Waals surface area contributed by atoms with Gasteiger partial charge in [0.1, 0.15) is 24.2 Å². The lowest BCUT2D eigenvalue weighted by molar-refractivity contribution is -0.116. The van der Waals surface area contributed by atoms with E-state index in [1.54, 1.807) is 6.92 Å². The van der Waals surface area contributed by atoms with Gasteiger partial charge in [0, 0.05) is 49.9 Å². The minimum Gasteiger partial charge on any atom is -0.491 e. The summed E-state index contributed by atoms with van der Waals surface area (Å²) in [4.78, 5) is 15.7. The molecule has 1 atom stereocenters. The molecule has 1 aliphatic heterocycles. The third kappa shape index (κ3) is 6.73. The molecule has 0 saturated carbocycles. The number of aliphatic hydroxyl groups is 1. The van der Waals surface area contributed by atoms with E-state index < -0.39 is 6.10 Å². The number of aliphatic hydroxyl groups excluding tert-OH is 1. The molecular weight excluding hydrogens is 400 g/mol. The van der Waals surface area contributed by atoms with Crippen molar-refractivity contribution in [2.75, 3.05) is 44.2 Å². The number of β-amino-alcohol motifs (C(OH)–C–C–N with tert-alkyl or cyclic N) is 1. The predicted octanol–water partition coefficient (Wildman–Crippen LogP) is 3.73. The Labute approximate surface area is 184 Å². The number of aryl methyl sites for hydroxylation is 2. The fraction of sp³-hybridized carbons (Fsp3) is 0.458. The molecular formula is C24H31ClN2O3. The molecule has 1 N–H and O–H groups in total. The van der Waals surface area contributed by atoms with Gasteiger partial charge in [-0.15, -0.1) is 0 Å². The van der Waals surface area contributed by atoms with Crippen LogP contribution in [0.25, 0.3) is 0 Å². The van der Waals surface area contributed by atoms with Crippen LogP contribution in [0.5, 0.6) is 5.75 Å². The average molecular weight is 431 g/mol. The molecule has 0 amide bonds. The smallest absolute Gasteiger partial charge is 0.130 e. The van der Waals surface area contributed by atoms with Gasteiger partial charge in [-0.05, 0) is 55.7 Å². The second kappa shape index (κ2) is 10.8. The summed E-state index contributed by atoms with van der Waals surface area (Å²) in [7, 11) is 0. The number of hydrogen-bond acceptors (Lipinski definition) is 5. The van der Waals surface area contributed by atoms with Gasteiger partial charge in [-0.3, -0.25) is 4.90 Å². The summed E-state index contributed by atoms with van der Waals surface area (Å²) in [6.07, 6.45) is 0.768. The first-order chi connectivity index (χ1) is 14.4. The Hall–Kier alpha value is -2.08. The maximum absolute atomic E-state index is 11.1. The number of carbonyl (C=O) groups is 1. The summed E-state index contributed by atoms with van der Waals surface area (Å²) in [5.74, 6) is 0.934. The number of ketones is 1. The number of nitrogens with zero attached hydrogens (tertiary/aromatic N) is 2. The van der Waals surface area contributed by atoms with Crippen LogP contribution in [0.3, 0.4) is 0 Å². The van der Waals surface area contributed by atoms with Crippen molar-refractivity contribution in [1.29, 1.82) is 0 Å². The van der Waals surface area contributed by atoms with Crippen molar-refractivity contribution in [2.24, 2.45) is 0 Å². The highest BCUT2D eigenvalue weighted by Gasteiger charge is 2.21. The largest absolute Gasteiger partial charge is 0.491 e. The third-order valence-electron chi connectivity index (χ3n) is 5.48. The zero-order chi connectivity index (χ0) is 21.5. The maximum Gasteiger partial charge on any atom is 0.130 e. The number of rotatable bonds is 9. The van der Waals surface area contributed by atoms with E-state index in [1.165, 1.54) is 11.3 Å². The van der Waals surface area contributed by atoms with E-state index >= 15 is 0 Å². The predicted molar refractivity (Wildman–Crippen MR) is 122 cm³/mol. The Morgan fingerprint density at radius 3 is 2.50 bits per heavy atom. The number of carbonyl (C=O) groups excluding carboxylic acids is 1. The Morgan fingerprint density at radius 2 is 1.83 bits per heavy atom. The lowest BCUT2D eigenvalue weighted by atomic mass is 10.1. The first-order valence-corrected chi connectivity index (χ1v) is 10.9. The highest BCUT2D eigenvalue weighted by Crippen LogP contribution is 2.25. The lowest BCUT2D eigenvalue weighted by Gasteiger charge is -2.37. The number of piperazine rings is 1. The second-order valence-electron chi connectivity index (χ2n) is 8.03. The number of hydrogen-bond donors (Lipinski definition) is 1. The van der Waals surface area contributed by atoms with E-state index in [9.17, 15) is 9.90 Å². The van der Waals surface area contributed by atoms with Gasteiger partial charge in [-0.1, -0.05) is 29.8 Å². The molecule has 2 aromatic carbocycles. The molecule has 5 nitrogen and oxygen atoms in total. The Kier molecular flexibility index (Phi) is 8.14. The molecule has 2 aromatic rings. The van der Waals surface area contributed by atoms with Gasteiger partial charge in [0.2, 0.25) is 0 Å².